The molecule has 1 aliphatic rings. The number of thiazole rings is 1. The number of aromatic nitrogens is 1. The highest BCUT2D eigenvalue weighted by atomic mass is 32.1. The van der Waals surface area contributed by atoms with Crippen molar-refractivity contribution in [1.29, 1.82) is 0 Å². The number of anilines is 1. The van der Waals surface area contributed by atoms with Crippen LogP contribution in [0.25, 0.3) is 10.2 Å². The third-order valence-electron chi connectivity index (χ3n) is 5.18. The third kappa shape index (κ3) is 4.01. The first kappa shape index (κ1) is 21.3. The van der Waals surface area contributed by atoms with Crippen molar-refractivity contribution in [2.45, 2.75) is 33.2 Å². The summed E-state index contributed by atoms with van der Waals surface area (Å²) in [6.07, 6.45) is 0.322. The molecule has 9 heteroatoms. The number of hydrogen-bond donors (Lipinski definition) is 0. The van der Waals surface area contributed by atoms with Gasteiger partial charge in [0.05, 0.1) is 30.2 Å². The molecule has 5 nitrogen and oxygen atoms in total. The number of fused-ring (bicyclic) bond motifs is 2. The number of hydrogen-bond acceptors (Lipinski definition) is 5. The molecule has 2 heterocycles. The lowest BCUT2D eigenvalue weighted by Gasteiger charge is -2.33. The Morgan fingerprint density at radius 3 is 2.77 bits per heavy atom. The molecule has 1 amide bonds. The molecule has 0 bridgehead atoms. The molecular formula is C22H19F3N2O3S. The summed E-state index contributed by atoms with van der Waals surface area (Å²) in [5, 5.41) is 0.260. The lowest BCUT2D eigenvalue weighted by molar-refractivity contribution is -0.146. The zero-order valence-electron chi connectivity index (χ0n) is 16.9. The number of carbonyl (C=O) groups excluding carboxylic acids is 2. The second-order valence-corrected chi connectivity index (χ2v) is 8.49. The van der Waals surface area contributed by atoms with E-state index < -0.39 is 34.9 Å². The zero-order valence-corrected chi connectivity index (χ0v) is 17.7. The molecule has 0 N–H and O–H groups in total. The van der Waals surface area contributed by atoms with Gasteiger partial charge in [-0.05, 0) is 37.5 Å². The number of aryl methyl sites for hydroxylation is 1. The van der Waals surface area contributed by atoms with Gasteiger partial charge in [0.15, 0.2) is 11.6 Å². The molecule has 1 atom stereocenters. The second-order valence-electron chi connectivity index (χ2n) is 7.41. The molecule has 0 radical (unpaired) electrons. The molecule has 162 valence electrons. The highest BCUT2D eigenvalue weighted by Crippen LogP contribution is 2.36. The van der Waals surface area contributed by atoms with Crippen LogP contribution in [0.2, 0.25) is 0 Å². The van der Waals surface area contributed by atoms with Crippen molar-refractivity contribution in [3.63, 3.8) is 0 Å². The normalized spacial score (nSPS) is 16.0. The van der Waals surface area contributed by atoms with Crippen molar-refractivity contribution in [2.75, 3.05) is 11.5 Å². The van der Waals surface area contributed by atoms with E-state index in [4.69, 9.17) is 4.74 Å². The summed E-state index contributed by atoms with van der Waals surface area (Å²) in [4.78, 5) is 30.7. The maximum absolute atomic E-state index is 14.1. The Kier molecular flexibility index (Phi) is 5.70. The molecule has 1 unspecified atom stereocenters. The summed E-state index contributed by atoms with van der Waals surface area (Å²) in [6.45, 7) is 3.76. The molecule has 0 fully saturated rings. The van der Waals surface area contributed by atoms with Crippen LogP contribution < -0.4 is 4.90 Å². The second kappa shape index (κ2) is 8.30. The van der Waals surface area contributed by atoms with Gasteiger partial charge in [0.2, 0.25) is 5.91 Å². The van der Waals surface area contributed by atoms with Gasteiger partial charge in [-0.1, -0.05) is 12.1 Å². The van der Waals surface area contributed by atoms with Crippen LogP contribution in [-0.2, 0) is 27.3 Å². The number of amides is 1. The summed E-state index contributed by atoms with van der Waals surface area (Å²) in [5.74, 6) is -4.81. The Bertz CT molecular complexity index is 1190. The smallest absolute Gasteiger partial charge is 0.306 e. The molecule has 31 heavy (non-hydrogen) atoms. The SMILES string of the molecule is CCOC(=O)CC1Cc2ccc(C)cc2N(Cc2nc3c(F)c(F)cc(F)c3s2)C1=O. The maximum atomic E-state index is 14.1. The van der Waals surface area contributed by atoms with Gasteiger partial charge < -0.3 is 9.64 Å². The number of nitrogens with zero attached hydrogens (tertiary/aromatic N) is 2. The number of halogens is 3. The minimum absolute atomic E-state index is 0.0472. The topological polar surface area (TPSA) is 59.5 Å². The van der Waals surface area contributed by atoms with Crippen molar-refractivity contribution in [3.8, 4) is 0 Å². The highest BCUT2D eigenvalue weighted by molar-refractivity contribution is 7.18. The molecule has 3 aromatic rings. The van der Waals surface area contributed by atoms with Gasteiger partial charge in [0.25, 0.3) is 0 Å². The summed E-state index contributed by atoms with van der Waals surface area (Å²) in [5.41, 5.74) is 2.08. The Morgan fingerprint density at radius 1 is 1.26 bits per heavy atom. The average molecular weight is 448 g/mol. The van der Waals surface area contributed by atoms with Crippen molar-refractivity contribution >= 4 is 39.1 Å². The predicted molar refractivity (Wildman–Crippen MR) is 110 cm³/mol. The molecule has 1 aromatic heterocycles. The molecule has 0 saturated heterocycles. The summed E-state index contributed by atoms with van der Waals surface area (Å²) in [6, 6.07) is 6.15. The maximum Gasteiger partial charge on any atom is 0.306 e. The van der Waals surface area contributed by atoms with Crippen LogP contribution in [0.4, 0.5) is 18.9 Å². The van der Waals surface area contributed by atoms with Gasteiger partial charge in [0, 0.05) is 11.8 Å². The molecule has 2 aromatic carbocycles. The fourth-order valence-corrected chi connectivity index (χ4v) is 4.72. The summed E-state index contributed by atoms with van der Waals surface area (Å²) >= 11 is 0.866. The standard InChI is InChI=1S/C22H19F3N2O3S/c1-3-30-18(28)8-13-7-12-5-4-11(2)6-16(12)27(22(13)29)10-17-26-20-19(25)14(23)9-15(24)21(20)31-17/h4-6,9,13H,3,7-8,10H2,1-2H3. The predicted octanol–water partition coefficient (Wildman–Crippen LogP) is 4.68. The van der Waals surface area contributed by atoms with E-state index in [2.05, 4.69) is 4.98 Å². The largest absolute Gasteiger partial charge is 0.466 e. The minimum atomic E-state index is -1.31. The van der Waals surface area contributed by atoms with Crippen molar-refractivity contribution in [1.82, 2.24) is 4.98 Å². The van der Waals surface area contributed by atoms with Gasteiger partial charge in [-0.3, -0.25) is 9.59 Å². The monoisotopic (exact) mass is 448 g/mol. The molecule has 4 rings (SSSR count). The quantitative estimate of drug-likeness (QED) is 0.420. The van der Waals surface area contributed by atoms with Gasteiger partial charge in [-0.2, -0.15) is 0 Å². The highest BCUT2D eigenvalue weighted by Gasteiger charge is 2.35. The van der Waals surface area contributed by atoms with Gasteiger partial charge in [-0.25, -0.2) is 18.2 Å². The number of rotatable bonds is 5. The van der Waals surface area contributed by atoms with E-state index in [1.54, 1.807) is 6.92 Å². The van der Waals surface area contributed by atoms with Crippen LogP contribution in [0.3, 0.4) is 0 Å². The van der Waals surface area contributed by atoms with Crippen LogP contribution in [0.15, 0.2) is 24.3 Å². The number of esters is 1. The lowest BCUT2D eigenvalue weighted by atomic mass is 9.88. The Morgan fingerprint density at radius 2 is 2.03 bits per heavy atom. The Labute approximate surface area is 180 Å². The number of ether oxygens (including phenoxy) is 1. The molecular weight excluding hydrogens is 429 g/mol. The third-order valence-corrected chi connectivity index (χ3v) is 6.23. The van der Waals surface area contributed by atoms with Crippen molar-refractivity contribution < 1.29 is 27.5 Å². The summed E-state index contributed by atoms with van der Waals surface area (Å²) in [7, 11) is 0. The Balaban J connectivity index is 1.72. The van der Waals surface area contributed by atoms with Gasteiger partial charge in [-0.15, -0.1) is 11.3 Å². The van der Waals surface area contributed by atoms with Crippen LogP contribution in [0.1, 0.15) is 29.5 Å². The first-order valence-electron chi connectivity index (χ1n) is 9.78. The van der Waals surface area contributed by atoms with Crippen LogP contribution in [-0.4, -0.2) is 23.5 Å². The average Bonchev–Trinajstić information content (AvgIpc) is 3.15. The van der Waals surface area contributed by atoms with E-state index in [0.29, 0.717) is 18.2 Å². The minimum Gasteiger partial charge on any atom is -0.466 e. The summed E-state index contributed by atoms with van der Waals surface area (Å²) < 4.78 is 46.6. The van der Waals surface area contributed by atoms with E-state index in [1.165, 1.54) is 4.90 Å². The molecule has 0 saturated carbocycles. The van der Waals surface area contributed by atoms with E-state index >= 15 is 0 Å². The molecule has 0 spiro atoms. The van der Waals surface area contributed by atoms with Crippen molar-refractivity contribution in [2.24, 2.45) is 5.92 Å². The fourth-order valence-electron chi connectivity index (χ4n) is 3.76. The zero-order chi connectivity index (χ0) is 22.3. The molecule has 1 aliphatic heterocycles. The van der Waals surface area contributed by atoms with Gasteiger partial charge >= 0.3 is 5.97 Å². The molecule has 0 aliphatic carbocycles. The fraction of sp³-hybridized carbons (Fsp3) is 0.318. The van der Waals surface area contributed by atoms with Crippen LogP contribution in [0.5, 0.6) is 0 Å². The van der Waals surface area contributed by atoms with Crippen LogP contribution in [0, 0.1) is 30.3 Å². The lowest BCUT2D eigenvalue weighted by Crippen LogP contribution is -2.42. The number of carbonyl (C=O) groups is 2. The first-order chi connectivity index (χ1) is 14.8. The van der Waals surface area contributed by atoms with Gasteiger partial charge in [0.1, 0.15) is 16.3 Å². The van der Waals surface area contributed by atoms with Crippen molar-refractivity contribution in [3.05, 3.63) is 57.9 Å². The van der Waals surface area contributed by atoms with Crippen LogP contribution >= 0.6 is 11.3 Å². The van der Waals surface area contributed by atoms with E-state index in [9.17, 15) is 22.8 Å². The van der Waals surface area contributed by atoms with E-state index in [1.807, 2.05) is 25.1 Å². The van der Waals surface area contributed by atoms with E-state index in [-0.39, 0.29) is 35.2 Å². The van der Waals surface area contributed by atoms with E-state index in [0.717, 1.165) is 22.5 Å². The number of benzene rings is 2. The Hall–Kier alpha value is -2.94. The first-order valence-corrected chi connectivity index (χ1v) is 10.6.